The standard InChI is InChI=1S/C16H17N3O4/c1-3-23-15(20)11-4-6-12(7-5-11)18-16(21)19-13-8-9-14(22-2)17-10-13/h4-10H,3H2,1-2H3,(H2,18,19,21). The Morgan fingerprint density at radius 1 is 1.04 bits per heavy atom. The molecule has 0 aliphatic rings. The van der Waals surface area contributed by atoms with Gasteiger partial charge in [-0.1, -0.05) is 0 Å². The van der Waals surface area contributed by atoms with Crippen LogP contribution in [-0.4, -0.2) is 30.7 Å². The quantitative estimate of drug-likeness (QED) is 0.828. The number of rotatable bonds is 5. The molecular formula is C16H17N3O4. The maximum absolute atomic E-state index is 11.9. The maximum Gasteiger partial charge on any atom is 0.338 e. The Hall–Kier alpha value is -3.09. The van der Waals surface area contributed by atoms with Crippen LogP contribution in [0, 0.1) is 0 Å². The fourth-order valence-electron chi connectivity index (χ4n) is 1.77. The molecule has 0 spiro atoms. The molecule has 0 aliphatic carbocycles. The zero-order valence-corrected chi connectivity index (χ0v) is 12.8. The average Bonchev–Trinajstić information content (AvgIpc) is 2.56. The van der Waals surface area contributed by atoms with Gasteiger partial charge in [-0.15, -0.1) is 0 Å². The number of pyridine rings is 1. The van der Waals surface area contributed by atoms with Gasteiger partial charge in [0.1, 0.15) is 0 Å². The molecule has 0 saturated heterocycles. The third-order valence-electron chi connectivity index (χ3n) is 2.86. The largest absolute Gasteiger partial charge is 0.481 e. The van der Waals surface area contributed by atoms with E-state index in [2.05, 4.69) is 15.6 Å². The number of hydrogen-bond acceptors (Lipinski definition) is 5. The number of carbonyl (C=O) groups is 2. The van der Waals surface area contributed by atoms with E-state index >= 15 is 0 Å². The van der Waals surface area contributed by atoms with E-state index in [1.54, 1.807) is 43.3 Å². The van der Waals surface area contributed by atoms with Crippen molar-refractivity contribution < 1.29 is 19.1 Å². The van der Waals surface area contributed by atoms with Crippen molar-refractivity contribution in [3.63, 3.8) is 0 Å². The predicted molar refractivity (Wildman–Crippen MR) is 85.8 cm³/mol. The third kappa shape index (κ3) is 4.70. The lowest BCUT2D eigenvalue weighted by Gasteiger charge is -2.08. The van der Waals surface area contributed by atoms with E-state index in [0.29, 0.717) is 29.4 Å². The number of urea groups is 1. The van der Waals surface area contributed by atoms with Gasteiger partial charge in [0.15, 0.2) is 0 Å². The molecule has 7 nitrogen and oxygen atoms in total. The van der Waals surface area contributed by atoms with E-state index in [1.807, 2.05) is 0 Å². The van der Waals surface area contributed by atoms with Gasteiger partial charge in [-0.05, 0) is 37.3 Å². The van der Waals surface area contributed by atoms with E-state index in [9.17, 15) is 9.59 Å². The van der Waals surface area contributed by atoms with Crippen molar-refractivity contribution in [1.29, 1.82) is 0 Å². The van der Waals surface area contributed by atoms with E-state index in [-0.39, 0.29) is 0 Å². The lowest BCUT2D eigenvalue weighted by Crippen LogP contribution is -2.19. The first kappa shape index (κ1) is 16.3. The molecule has 120 valence electrons. The minimum absolute atomic E-state index is 0.317. The van der Waals surface area contributed by atoms with Crippen LogP contribution < -0.4 is 15.4 Å². The minimum atomic E-state index is -0.416. The molecule has 0 saturated carbocycles. The minimum Gasteiger partial charge on any atom is -0.481 e. The number of hydrogen-bond donors (Lipinski definition) is 2. The summed E-state index contributed by atoms with van der Waals surface area (Å²) in [6, 6.07) is 9.32. The lowest BCUT2D eigenvalue weighted by atomic mass is 10.2. The van der Waals surface area contributed by atoms with Crippen LogP contribution >= 0.6 is 0 Å². The number of methoxy groups -OCH3 is 1. The van der Waals surface area contributed by atoms with Gasteiger partial charge in [0.25, 0.3) is 0 Å². The van der Waals surface area contributed by atoms with Gasteiger partial charge < -0.3 is 20.1 Å². The SMILES string of the molecule is CCOC(=O)c1ccc(NC(=O)Nc2ccc(OC)nc2)cc1. The molecule has 1 heterocycles. The second-order valence-corrected chi connectivity index (χ2v) is 4.47. The Kier molecular flexibility index (Phi) is 5.51. The van der Waals surface area contributed by atoms with E-state index in [4.69, 9.17) is 9.47 Å². The van der Waals surface area contributed by atoms with Gasteiger partial charge in [0.05, 0.1) is 31.2 Å². The molecule has 1 aromatic heterocycles. The number of anilines is 2. The van der Waals surface area contributed by atoms with Gasteiger partial charge in [-0.2, -0.15) is 0 Å². The average molecular weight is 315 g/mol. The van der Waals surface area contributed by atoms with Crippen molar-refractivity contribution in [2.45, 2.75) is 6.92 Å². The number of carbonyl (C=O) groups excluding carboxylic acids is 2. The summed E-state index contributed by atoms with van der Waals surface area (Å²) in [5.74, 6) is 0.0679. The molecule has 2 N–H and O–H groups in total. The van der Waals surface area contributed by atoms with E-state index in [1.165, 1.54) is 13.3 Å². The highest BCUT2D eigenvalue weighted by atomic mass is 16.5. The Morgan fingerprint density at radius 2 is 1.70 bits per heavy atom. The van der Waals surface area contributed by atoms with Gasteiger partial charge >= 0.3 is 12.0 Å². The Bertz CT molecular complexity index is 669. The molecule has 2 amide bonds. The number of nitrogens with zero attached hydrogens (tertiary/aromatic N) is 1. The van der Waals surface area contributed by atoms with Crippen LogP contribution in [0.2, 0.25) is 0 Å². The van der Waals surface area contributed by atoms with Crippen molar-refractivity contribution in [2.75, 3.05) is 24.4 Å². The highest BCUT2D eigenvalue weighted by Crippen LogP contribution is 2.13. The first-order valence-corrected chi connectivity index (χ1v) is 6.97. The molecule has 0 atom stereocenters. The van der Waals surface area contributed by atoms with Gasteiger partial charge in [-0.25, -0.2) is 14.6 Å². The van der Waals surface area contributed by atoms with Gasteiger partial charge in [0.2, 0.25) is 5.88 Å². The summed E-state index contributed by atoms with van der Waals surface area (Å²) in [6.45, 7) is 2.06. The summed E-state index contributed by atoms with van der Waals surface area (Å²) in [6.07, 6.45) is 1.49. The first-order valence-electron chi connectivity index (χ1n) is 6.97. The molecule has 2 aromatic rings. The summed E-state index contributed by atoms with van der Waals surface area (Å²) in [5.41, 5.74) is 1.51. The second-order valence-electron chi connectivity index (χ2n) is 4.47. The van der Waals surface area contributed by atoms with Crippen LogP contribution in [0.1, 0.15) is 17.3 Å². The summed E-state index contributed by atoms with van der Waals surface area (Å²) >= 11 is 0. The van der Waals surface area contributed by atoms with E-state index in [0.717, 1.165) is 0 Å². The molecule has 0 aliphatic heterocycles. The Morgan fingerprint density at radius 3 is 2.26 bits per heavy atom. The molecule has 23 heavy (non-hydrogen) atoms. The third-order valence-corrected chi connectivity index (χ3v) is 2.86. The zero-order chi connectivity index (χ0) is 16.7. The maximum atomic E-state index is 11.9. The number of nitrogens with one attached hydrogen (secondary N) is 2. The van der Waals surface area contributed by atoms with Crippen LogP contribution in [-0.2, 0) is 4.74 Å². The number of amides is 2. The topological polar surface area (TPSA) is 89.5 Å². The second kappa shape index (κ2) is 7.79. The highest BCUT2D eigenvalue weighted by Gasteiger charge is 2.07. The lowest BCUT2D eigenvalue weighted by molar-refractivity contribution is 0.0526. The number of esters is 1. The van der Waals surface area contributed by atoms with Gasteiger partial charge in [-0.3, -0.25) is 0 Å². The smallest absolute Gasteiger partial charge is 0.338 e. The first-order chi connectivity index (χ1) is 11.1. The molecule has 0 fully saturated rings. The van der Waals surface area contributed by atoms with Gasteiger partial charge in [0, 0.05) is 11.8 Å². The zero-order valence-electron chi connectivity index (χ0n) is 12.8. The van der Waals surface area contributed by atoms with Crippen molar-refractivity contribution in [3.05, 3.63) is 48.2 Å². The van der Waals surface area contributed by atoms with Crippen molar-refractivity contribution in [1.82, 2.24) is 4.98 Å². The van der Waals surface area contributed by atoms with Crippen LogP contribution in [0.3, 0.4) is 0 Å². The summed E-state index contributed by atoms with van der Waals surface area (Å²) in [7, 11) is 1.52. The molecule has 1 aromatic carbocycles. The molecule has 0 bridgehead atoms. The molecule has 7 heteroatoms. The summed E-state index contributed by atoms with van der Waals surface area (Å²) in [4.78, 5) is 27.4. The van der Waals surface area contributed by atoms with Crippen LogP contribution in [0.4, 0.5) is 16.2 Å². The highest BCUT2D eigenvalue weighted by molar-refractivity contribution is 6.00. The van der Waals surface area contributed by atoms with Crippen molar-refractivity contribution >= 4 is 23.4 Å². The molecule has 0 unspecified atom stereocenters. The van der Waals surface area contributed by atoms with E-state index < -0.39 is 12.0 Å². The normalized spacial score (nSPS) is 9.83. The summed E-state index contributed by atoms with van der Waals surface area (Å²) in [5, 5.41) is 5.30. The monoisotopic (exact) mass is 315 g/mol. The van der Waals surface area contributed by atoms with Crippen LogP contribution in [0.15, 0.2) is 42.6 Å². The van der Waals surface area contributed by atoms with Crippen molar-refractivity contribution in [3.8, 4) is 5.88 Å². The van der Waals surface area contributed by atoms with Crippen LogP contribution in [0.5, 0.6) is 5.88 Å². The number of ether oxygens (including phenoxy) is 2. The number of benzene rings is 1. The fourth-order valence-corrected chi connectivity index (χ4v) is 1.77. The number of aromatic nitrogens is 1. The molecular weight excluding hydrogens is 298 g/mol. The Labute approximate surface area is 133 Å². The van der Waals surface area contributed by atoms with Crippen molar-refractivity contribution in [2.24, 2.45) is 0 Å². The van der Waals surface area contributed by atoms with Crippen LogP contribution in [0.25, 0.3) is 0 Å². The molecule has 2 rings (SSSR count). The predicted octanol–water partition coefficient (Wildman–Crippen LogP) is 2.91. The summed E-state index contributed by atoms with van der Waals surface area (Å²) < 4.78 is 9.83. The molecule has 0 radical (unpaired) electrons. The Balaban J connectivity index is 1.93. The fraction of sp³-hybridized carbons (Fsp3) is 0.188.